The molecule has 2 N–H and O–H groups in total. The molecular weight excluding hydrogens is 426 g/mol. The molecule has 2 fully saturated rings. The van der Waals surface area contributed by atoms with E-state index in [1.54, 1.807) is 12.1 Å². The number of amides is 1. The zero-order valence-electron chi connectivity index (χ0n) is 21.8. The number of likely N-dealkylation sites (tertiary alicyclic amines) is 1. The number of Topliss-reactive ketones (excluding diaryl/α,β-unsaturated/α-hetero) is 1. The standard InChI is InChI=1S/C24H35NO4.2C2H6.CH4/c1-16(2)24(29)25-9-7-18(8-10-25)12-21(26)11-17-3-5-19(6-4-17)20-13-22(27)15-23(28)14-20;2*1-2;/h13-19,27-28H,3-12H2,1-2H3;2*1-2H3;1H4. The van der Waals surface area contributed by atoms with E-state index in [2.05, 4.69) is 0 Å². The maximum atomic E-state index is 12.6. The van der Waals surface area contributed by atoms with Crippen molar-refractivity contribution >= 4 is 11.7 Å². The molecule has 0 aromatic heterocycles. The maximum Gasteiger partial charge on any atom is 0.225 e. The molecule has 5 heteroatoms. The summed E-state index contributed by atoms with van der Waals surface area (Å²) in [4.78, 5) is 26.6. The minimum atomic E-state index is 0. The molecule has 2 aliphatic rings. The molecule has 1 saturated heterocycles. The molecule has 0 atom stereocenters. The summed E-state index contributed by atoms with van der Waals surface area (Å²) < 4.78 is 0. The lowest BCUT2D eigenvalue weighted by Gasteiger charge is -2.33. The third-order valence-corrected chi connectivity index (χ3v) is 6.70. The van der Waals surface area contributed by atoms with Crippen LogP contribution in [0.25, 0.3) is 0 Å². The van der Waals surface area contributed by atoms with Gasteiger partial charge >= 0.3 is 0 Å². The number of carbonyl (C=O) groups is 2. The fraction of sp³-hybridized carbons (Fsp3) is 0.724. The normalized spacial score (nSPS) is 20.3. The van der Waals surface area contributed by atoms with Crippen LogP contribution in [-0.4, -0.2) is 39.9 Å². The van der Waals surface area contributed by atoms with Gasteiger partial charge in [-0.2, -0.15) is 0 Å². The van der Waals surface area contributed by atoms with Crippen molar-refractivity contribution in [3.8, 4) is 11.5 Å². The van der Waals surface area contributed by atoms with Gasteiger partial charge in [0.15, 0.2) is 0 Å². The predicted molar refractivity (Wildman–Crippen MR) is 142 cm³/mol. The van der Waals surface area contributed by atoms with Gasteiger partial charge in [0, 0.05) is 37.9 Å². The van der Waals surface area contributed by atoms with Crippen LogP contribution in [-0.2, 0) is 9.59 Å². The number of carbonyl (C=O) groups excluding carboxylic acids is 2. The molecule has 0 spiro atoms. The van der Waals surface area contributed by atoms with Crippen molar-refractivity contribution in [1.29, 1.82) is 0 Å². The van der Waals surface area contributed by atoms with Gasteiger partial charge in [0.2, 0.25) is 5.91 Å². The Balaban J connectivity index is 0.00000207. The Labute approximate surface area is 209 Å². The fourth-order valence-corrected chi connectivity index (χ4v) is 5.00. The van der Waals surface area contributed by atoms with E-state index in [0.29, 0.717) is 36.4 Å². The highest BCUT2D eigenvalue weighted by Crippen LogP contribution is 2.39. The van der Waals surface area contributed by atoms with Crippen LogP contribution >= 0.6 is 0 Å². The van der Waals surface area contributed by atoms with Gasteiger partial charge in [-0.25, -0.2) is 0 Å². The molecule has 5 nitrogen and oxygen atoms in total. The number of phenolic OH excluding ortho intramolecular Hbond substituents is 2. The summed E-state index contributed by atoms with van der Waals surface area (Å²) in [6.07, 6.45) is 7.25. The van der Waals surface area contributed by atoms with Crippen LogP contribution in [0.1, 0.15) is 112 Å². The lowest BCUT2D eigenvalue weighted by atomic mass is 9.76. The smallest absolute Gasteiger partial charge is 0.225 e. The van der Waals surface area contributed by atoms with Crippen LogP contribution in [0, 0.1) is 17.8 Å². The van der Waals surface area contributed by atoms with Crippen LogP contribution in [0.3, 0.4) is 0 Å². The second-order valence-electron chi connectivity index (χ2n) is 9.37. The molecule has 196 valence electrons. The van der Waals surface area contributed by atoms with Gasteiger partial charge in [-0.3, -0.25) is 9.59 Å². The van der Waals surface area contributed by atoms with E-state index in [-0.39, 0.29) is 30.8 Å². The number of phenols is 2. The van der Waals surface area contributed by atoms with Gasteiger partial charge in [0.25, 0.3) is 0 Å². The Kier molecular flexibility index (Phi) is 15.6. The number of benzene rings is 1. The van der Waals surface area contributed by atoms with Crippen LogP contribution < -0.4 is 0 Å². The highest BCUT2D eigenvalue weighted by Gasteiger charge is 2.28. The van der Waals surface area contributed by atoms with Gasteiger partial charge in [-0.1, -0.05) is 49.0 Å². The Morgan fingerprint density at radius 1 is 0.824 bits per heavy atom. The molecule has 34 heavy (non-hydrogen) atoms. The number of hydrogen-bond donors (Lipinski definition) is 2. The van der Waals surface area contributed by atoms with Gasteiger partial charge in [0.05, 0.1) is 0 Å². The lowest BCUT2D eigenvalue weighted by Crippen LogP contribution is -2.41. The summed E-state index contributed by atoms with van der Waals surface area (Å²) in [5, 5.41) is 19.4. The van der Waals surface area contributed by atoms with Crippen molar-refractivity contribution < 1.29 is 19.8 Å². The van der Waals surface area contributed by atoms with E-state index in [4.69, 9.17) is 0 Å². The Hall–Kier alpha value is -2.04. The quantitative estimate of drug-likeness (QED) is 0.450. The van der Waals surface area contributed by atoms with Crippen LogP contribution in [0.2, 0.25) is 0 Å². The second kappa shape index (κ2) is 16.6. The highest BCUT2D eigenvalue weighted by atomic mass is 16.3. The van der Waals surface area contributed by atoms with Gasteiger partial charge < -0.3 is 15.1 Å². The first kappa shape index (κ1) is 32.0. The summed E-state index contributed by atoms with van der Waals surface area (Å²) in [6.45, 7) is 13.5. The summed E-state index contributed by atoms with van der Waals surface area (Å²) in [7, 11) is 0. The Morgan fingerprint density at radius 3 is 1.71 bits per heavy atom. The number of piperidine rings is 1. The summed E-state index contributed by atoms with van der Waals surface area (Å²) in [5.41, 5.74) is 0.995. The van der Waals surface area contributed by atoms with E-state index in [1.165, 1.54) is 6.07 Å². The van der Waals surface area contributed by atoms with Crippen molar-refractivity contribution in [1.82, 2.24) is 4.90 Å². The largest absolute Gasteiger partial charge is 0.508 e. The molecule has 1 aliphatic heterocycles. The summed E-state index contributed by atoms with van der Waals surface area (Å²) in [5.74, 6) is 2.09. The van der Waals surface area contributed by atoms with Crippen LogP contribution in [0.15, 0.2) is 18.2 Å². The van der Waals surface area contributed by atoms with E-state index in [9.17, 15) is 19.8 Å². The third kappa shape index (κ3) is 10.1. The molecule has 0 bridgehead atoms. The zero-order chi connectivity index (χ0) is 25.0. The average molecular weight is 478 g/mol. The van der Waals surface area contributed by atoms with E-state index >= 15 is 0 Å². The molecule has 0 unspecified atom stereocenters. The molecule has 1 heterocycles. The van der Waals surface area contributed by atoms with Crippen molar-refractivity contribution in [3.63, 3.8) is 0 Å². The summed E-state index contributed by atoms with van der Waals surface area (Å²) in [6, 6.07) is 4.84. The average Bonchev–Trinajstić information content (AvgIpc) is 2.81. The molecule has 1 amide bonds. The maximum absolute atomic E-state index is 12.6. The van der Waals surface area contributed by atoms with Crippen LogP contribution in [0.4, 0.5) is 0 Å². The number of hydrogen-bond acceptors (Lipinski definition) is 4. The van der Waals surface area contributed by atoms with E-state index < -0.39 is 0 Å². The van der Waals surface area contributed by atoms with E-state index in [0.717, 1.165) is 57.2 Å². The van der Waals surface area contributed by atoms with Crippen molar-refractivity contribution in [2.45, 2.75) is 106 Å². The molecule has 0 radical (unpaired) electrons. The number of aromatic hydroxyl groups is 2. The number of rotatable bonds is 6. The van der Waals surface area contributed by atoms with Gasteiger partial charge in [0.1, 0.15) is 17.3 Å². The third-order valence-electron chi connectivity index (χ3n) is 6.70. The summed E-state index contributed by atoms with van der Waals surface area (Å²) >= 11 is 0. The minimum absolute atomic E-state index is 0. The van der Waals surface area contributed by atoms with Crippen molar-refractivity contribution in [2.24, 2.45) is 17.8 Å². The molecular formula is C29H51NO4. The number of ketones is 1. The Bertz CT molecular complexity index is 695. The first-order chi connectivity index (χ1) is 15.8. The second-order valence-corrected chi connectivity index (χ2v) is 9.37. The zero-order valence-corrected chi connectivity index (χ0v) is 21.8. The number of nitrogens with zero attached hydrogens (tertiary/aromatic N) is 1. The first-order valence-electron chi connectivity index (χ1n) is 13.1. The molecule has 1 aromatic rings. The van der Waals surface area contributed by atoms with Crippen LogP contribution in [0.5, 0.6) is 11.5 Å². The molecule has 1 saturated carbocycles. The Morgan fingerprint density at radius 2 is 1.26 bits per heavy atom. The highest BCUT2D eigenvalue weighted by molar-refractivity contribution is 5.79. The minimum Gasteiger partial charge on any atom is -0.508 e. The molecule has 1 aromatic carbocycles. The first-order valence-corrected chi connectivity index (χ1v) is 13.1. The van der Waals surface area contributed by atoms with Crippen molar-refractivity contribution in [3.05, 3.63) is 23.8 Å². The molecule has 1 aliphatic carbocycles. The van der Waals surface area contributed by atoms with Gasteiger partial charge in [-0.05, 0) is 74.0 Å². The molecule has 3 rings (SSSR count). The monoisotopic (exact) mass is 477 g/mol. The van der Waals surface area contributed by atoms with Gasteiger partial charge in [-0.15, -0.1) is 0 Å². The topological polar surface area (TPSA) is 77.8 Å². The van der Waals surface area contributed by atoms with Crippen molar-refractivity contribution in [2.75, 3.05) is 13.1 Å². The SMILES string of the molecule is C.CC.CC.CC(C)C(=O)N1CCC(CC(=O)CC2CCC(c3cc(O)cc(O)c3)CC2)CC1. The van der Waals surface area contributed by atoms with E-state index in [1.807, 2.05) is 46.4 Å². The lowest BCUT2D eigenvalue weighted by molar-refractivity contribution is -0.135. The fourth-order valence-electron chi connectivity index (χ4n) is 5.00. The predicted octanol–water partition coefficient (Wildman–Crippen LogP) is 7.30.